The van der Waals surface area contributed by atoms with Crippen LogP contribution >= 0.6 is 0 Å². The Kier molecular flexibility index (Phi) is 4.89. The molecule has 0 saturated carbocycles. The molecule has 0 aliphatic rings. The van der Waals surface area contributed by atoms with E-state index in [0.717, 1.165) is 5.56 Å². The number of benzene rings is 1. The van der Waals surface area contributed by atoms with Crippen LogP contribution in [0.4, 0.5) is 5.82 Å². The van der Waals surface area contributed by atoms with Crippen LogP contribution in [0.3, 0.4) is 0 Å². The van der Waals surface area contributed by atoms with E-state index in [4.69, 9.17) is 10.8 Å². The van der Waals surface area contributed by atoms with Crippen molar-refractivity contribution in [1.82, 2.24) is 9.29 Å². The van der Waals surface area contributed by atoms with Crippen molar-refractivity contribution in [3.05, 3.63) is 54.2 Å². The Labute approximate surface area is 123 Å². The van der Waals surface area contributed by atoms with Crippen molar-refractivity contribution in [3.63, 3.8) is 0 Å². The smallest absolute Gasteiger partial charge is 0.244 e. The molecular weight excluding hydrogens is 290 g/mol. The third-order valence-corrected chi connectivity index (χ3v) is 4.78. The molecule has 0 aliphatic carbocycles. The number of nitrogens with zero attached hydrogens (tertiary/aromatic N) is 2. The molecule has 1 aromatic heterocycles. The van der Waals surface area contributed by atoms with Gasteiger partial charge in [-0.05, 0) is 17.7 Å². The van der Waals surface area contributed by atoms with Crippen LogP contribution in [-0.2, 0) is 16.6 Å². The first-order valence-electron chi connectivity index (χ1n) is 6.40. The van der Waals surface area contributed by atoms with Gasteiger partial charge in [-0.2, -0.15) is 4.31 Å². The van der Waals surface area contributed by atoms with Crippen molar-refractivity contribution in [2.45, 2.75) is 11.4 Å². The van der Waals surface area contributed by atoms with E-state index in [2.05, 4.69) is 4.98 Å². The summed E-state index contributed by atoms with van der Waals surface area (Å²) in [7, 11) is -3.72. The molecule has 2 rings (SSSR count). The van der Waals surface area contributed by atoms with Gasteiger partial charge >= 0.3 is 0 Å². The number of aromatic nitrogens is 1. The Morgan fingerprint density at radius 1 is 1.14 bits per heavy atom. The second kappa shape index (κ2) is 6.66. The van der Waals surface area contributed by atoms with E-state index in [1.54, 1.807) is 0 Å². The van der Waals surface area contributed by atoms with Gasteiger partial charge in [0.1, 0.15) is 10.7 Å². The second-order valence-corrected chi connectivity index (χ2v) is 6.40. The lowest BCUT2D eigenvalue weighted by Gasteiger charge is -2.21. The van der Waals surface area contributed by atoms with E-state index in [1.165, 1.54) is 22.6 Å². The summed E-state index contributed by atoms with van der Waals surface area (Å²) in [5, 5.41) is 9.13. The minimum Gasteiger partial charge on any atom is -0.395 e. The Morgan fingerprint density at radius 3 is 2.43 bits per heavy atom. The summed E-state index contributed by atoms with van der Waals surface area (Å²) in [5.41, 5.74) is 6.31. The van der Waals surface area contributed by atoms with Gasteiger partial charge in [-0.1, -0.05) is 30.3 Å². The average molecular weight is 307 g/mol. The first kappa shape index (κ1) is 15.4. The zero-order valence-corrected chi connectivity index (χ0v) is 12.2. The Bertz CT molecular complexity index is 672. The largest absolute Gasteiger partial charge is 0.395 e. The molecule has 2 aromatic rings. The Hall–Kier alpha value is -1.96. The molecule has 0 radical (unpaired) electrons. The number of nitrogen functional groups attached to an aromatic ring is 1. The maximum atomic E-state index is 12.6. The summed E-state index contributed by atoms with van der Waals surface area (Å²) in [6.45, 7) is -0.0514. The number of aliphatic hydroxyl groups is 1. The molecule has 1 heterocycles. The molecule has 0 unspecified atom stereocenters. The van der Waals surface area contributed by atoms with Crippen molar-refractivity contribution < 1.29 is 13.5 Å². The summed E-state index contributed by atoms with van der Waals surface area (Å²) in [6.07, 6.45) is 1.22. The van der Waals surface area contributed by atoms with Gasteiger partial charge in [0.25, 0.3) is 0 Å². The van der Waals surface area contributed by atoms with Crippen molar-refractivity contribution in [1.29, 1.82) is 0 Å². The van der Waals surface area contributed by atoms with Gasteiger partial charge in [0.2, 0.25) is 10.0 Å². The van der Waals surface area contributed by atoms with E-state index in [9.17, 15) is 8.42 Å². The van der Waals surface area contributed by atoms with Crippen LogP contribution in [0.2, 0.25) is 0 Å². The summed E-state index contributed by atoms with van der Waals surface area (Å²) in [5.74, 6) is 0.255. The highest BCUT2D eigenvalue weighted by Gasteiger charge is 2.24. The van der Waals surface area contributed by atoms with E-state index in [-0.39, 0.29) is 30.4 Å². The Balaban J connectivity index is 2.30. The van der Waals surface area contributed by atoms with Gasteiger partial charge in [-0.25, -0.2) is 13.4 Å². The number of aliphatic hydroxyl groups excluding tert-OH is 1. The number of pyridine rings is 1. The lowest BCUT2D eigenvalue weighted by Crippen LogP contribution is -2.33. The first-order valence-corrected chi connectivity index (χ1v) is 7.84. The predicted molar refractivity (Wildman–Crippen MR) is 79.8 cm³/mol. The summed E-state index contributed by atoms with van der Waals surface area (Å²) >= 11 is 0. The van der Waals surface area contributed by atoms with Crippen LogP contribution in [-0.4, -0.2) is 36.0 Å². The third-order valence-electron chi connectivity index (χ3n) is 2.95. The zero-order chi connectivity index (χ0) is 15.3. The second-order valence-electron chi connectivity index (χ2n) is 4.47. The van der Waals surface area contributed by atoms with Gasteiger partial charge in [0.15, 0.2) is 0 Å². The van der Waals surface area contributed by atoms with E-state index in [1.807, 2.05) is 30.3 Å². The van der Waals surface area contributed by atoms with Crippen molar-refractivity contribution in [2.75, 3.05) is 18.9 Å². The van der Waals surface area contributed by atoms with Crippen LogP contribution in [0.5, 0.6) is 0 Å². The summed E-state index contributed by atoms with van der Waals surface area (Å²) in [4.78, 5) is 3.86. The van der Waals surface area contributed by atoms with E-state index >= 15 is 0 Å². The highest BCUT2D eigenvalue weighted by atomic mass is 32.2. The number of hydrogen-bond donors (Lipinski definition) is 2. The maximum absolute atomic E-state index is 12.6. The number of hydrogen-bond acceptors (Lipinski definition) is 5. The first-order chi connectivity index (χ1) is 10.0. The molecule has 3 N–H and O–H groups in total. The molecule has 0 saturated heterocycles. The Morgan fingerprint density at radius 2 is 1.86 bits per heavy atom. The monoisotopic (exact) mass is 307 g/mol. The molecular formula is C14H17N3O3S. The lowest BCUT2D eigenvalue weighted by atomic mass is 10.2. The fourth-order valence-electron chi connectivity index (χ4n) is 1.88. The molecule has 112 valence electrons. The van der Waals surface area contributed by atoms with Crippen LogP contribution in [0, 0.1) is 0 Å². The topological polar surface area (TPSA) is 96.5 Å². The van der Waals surface area contributed by atoms with Gasteiger partial charge in [0, 0.05) is 19.3 Å². The van der Waals surface area contributed by atoms with Gasteiger partial charge < -0.3 is 10.8 Å². The highest BCUT2D eigenvalue weighted by molar-refractivity contribution is 7.89. The molecule has 0 atom stereocenters. The summed E-state index contributed by atoms with van der Waals surface area (Å²) < 4.78 is 26.4. The van der Waals surface area contributed by atoms with Crippen molar-refractivity contribution in [3.8, 4) is 0 Å². The van der Waals surface area contributed by atoms with E-state index < -0.39 is 10.0 Å². The predicted octanol–water partition coefficient (Wildman–Crippen LogP) is 0.847. The molecule has 0 amide bonds. The van der Waals surface area contributed by atoms with Crippen molar-refractivity contribution >= 4 is 15.8 Å². The van der Waals surface area contributed by atoms with E-state index in [0.29, 0.717) is 0 Å². The lowest BCUT2D eigenvalue weighted by molar-refractivity contribution is 0.251. The van der Waals surface area contributed by atoms with Gasteiger partial charge in [0.05, 0.1) is 6.61 Å². The number of nitrogens with two attached hydrogens (primary N) is 1. The quantitative estimate of drug-likeness (QED) is 0.824. The zero-order valence-electron chi connectivity index (χ0n) is 11.4. The third kappa shape index (κ3) is 3.78. The van der Waals surface area contributed by atoms with Gasteiger partial charge in [-0.3, -0.25) is 0 Å². The molecule has 7 heteroatoms. The van der Waals surface area contributed by atoms with Crippen LogP contribution in [0.1, 0.15) is 5.56 Å². The van der Waals surface area contributed by atoms with Crippen LogP contribution < -0.4 is 5.73 Å². The number of anilines is 1. The summed E-state index contributed by atoms with van der Waals surface area (Å²) in [6, 6.07) is 12.0. The minimum absolute atomic E-state index is 0.0155. The molecule has 6 nitrogen and oxygen atoms in total. The minimum atomic E-state index is -3.72. The number of sulfonamides is 1. The maximum Gasteiger partial charge on any atom is 0.244 e. The molecule has 0 spiro atoms. The highest BCUT2D eigenvalue weighted by Crippen LogP contribution is 2.18. The molecule has 0 bridgehead atoms. The van der Waals surface area contributed by atoms with Crippen molar-refractivity contribution in [2.24, 2.45) is 0 Å². The fourth-order valence-corrected chi connectivity index (χ4v) is 3.24. The molecule has 1 aromatic carbocycles. The van der Waals surface area contributed by atoms with Crippen LogP contribution in [0.15, 0.2) is 53.6 Å². The SMILES string of the molecule is Nc1ccc(S(=O)(=O)N(CCO)Cc2ccccc2)cn1. The standard InChI is InChI=1S/C14H17N3O3S/c15-14-7-6-13(10-16-14)21(19,20)17(8-9-18)11-12-4-2-1-3-5-12/h1-7,10,18H,8-9,11H2,(H2,15,16). The molecule has 0 aliphatic heterocycles. The number of rotatable bonds is 6. The van der Waals surface area contributed by atoms with Gasteiger partial charge in [-0.15, -0.1) is 0 Å². The normalized spacial score (nSPS) is 11.7. The average Bonchev–Trinajstić information content (AvgIpc) is 2.48. The fraction of sp³-hybridized carbons (Fsp3) is 0.214. The molecule has 0 fully saturated rings. The molecule has 21 heavy (non-hydrogen) atoms. The van der Waals surface area contributed by atoms with Crippen LogP contribution in [0.25, 0.3) is 0 Å².